The molecule has 0 spiro atoms. The van der Waals surface area contributed by atoms with Crippen LogP contribution >= 0.6 is 0 Å². The quantitative estimate of drug-likeness (QED) is 0.759. The predicted octanol–water partition coefficient (Wildman–Crippen LogP) is 2.49. The lowest BCUT2D eigenvalue weighted by atomic mass is 10.1. The van der Waals surface area contributed by atoms with Crippen molar-refractivity contribution in [1.29, 1.82) is 0 Å². The zero-order valence-electron chi connectivity index (χ0n) is 16.1. The molecule has 0 fully saturated rings. The van der Waals surface area contributed by atoms with Crippen LogP contribution in [0.15, 0.2) is 30.3 Å². The van der Waals surface area contributed by atoms with E-state index in [0.717, 1.165) is 55.0 Å². The Morgan fingerprint density at radius 2 is 2.04 bits per heavy atom. The first kappa shape index (κ1) is 17.2. The summed E-state index contributed by atoms with van der Waals surface area (Å²) in [6.45, 7) is 3.28. The van der Waals surface area contributed by atoms with Crippen molar-refractivity contribution in [2.24, 2.45) is 0 Å². The zero-order chi connectivity index (χ0) is 19.1. The first-order chi connectivity index (χ1) is 13.7. The maximum Gasteiger partial charge on any atom is 0.275 e. The number of amides is 1. The number of benzene rings is 1. The first-order valence-electron chi connectivity index (χ1n) is 10.0. The third kappa shape index (κ3) is 2.91. The van der Waals surface area contributed by atoms with Gasteiger partial charge < -0.3 is 9.47 Å². The topological polar surface area (TPSA) is 79.7 Å². The molecule has 1 amide bonds. The summed E-state index contributed by atoms with van der Waals surface area (Å²) < 4.78 is 2.21. The van der Waals surface area contributed by atoms with Gasteiger partial charge in [0.15, 0.2) is 11.5 Å². The molecule has 2 aliphatic rings. The van der Waals surface area contributed by atoms with Crippen LogP contribution in [0.5, 0.6) is 0 Å². The Balaban J connectivity index is 1.33. The van der Waals surface area contributed by atoms with Crippen LogP contribution in [0, 0.1) is 0 Å². The van der Waals surface area contributed by atoms with E-state index in [1.54, 1.807) is 0 Å². The van der Waals surface area contributed by atoms with Gasteiger partial charge in [-0.15, -0.1) is 10.2 Å². The standard InChI is InChI=1S/C21H24N6O/c1-14-12-26(21(28)20-16-8-5-9-17(16)22-25-20)13-19-24-23-18(27(14)19)11-10-15-6-3-2-4-7-15/h2-4,6-7,14H,5,8-13H2,1H3,(H,22,25)/t14-/m0/s1. The molecule has 0 saturated carbocycles. The smallest absolute Gasteiger partial charge is 0.275 e. The van der Waals surface area contributed by atoms with E-state index in [1.807, 2.05) is 11.0 Å². The average molecular weight is 376 g/mol. The number of fused-ring (bicyclic) bond motifs is 2. The van der Waals surface area contributed by atoms with Gasteiger partial charge >= 0.3 is 0 Å². The Morgan fingerprint density at radius 3 is 2.89 bits per heavy atom. The minimum Gasteiger partial charge on any atom is -0.328 e. The molecule has 7 nitrogen and oxygen atoms in total. The van der Waals surface area contributed by atoms with Gasteiger partial charge in [-0.3, -0.25) is 9.89 Å². The van der Waals surface area contributed by atoms with Crippen molar-refractivity contribution in [3.8, 4) is 0 Å². The lowest BCUT2D eigenvalue weighted by Gasteiger charge is -2.32. The summed E-state index contributed by atoms with van der Waals surface area (Å²) in [5.74, 6) is 1.87. The van der Waals surface area contributed by atoms with Crippen molar-refractivity contribution in [3.05, 3.63) is 64.5 Å². The molecule has 5 rings (SSSR count). The second-order valence-electron chi connectivity index (χ2n) is 7.81. The van der Waals surface area contributed by atoms with Gasteiger partial charge in [0.25, 0.3) is 5.91 Å². The summed E-state index contributed by atoms with van der Waals surface area (Å²) in [7, 11) is 0. The van der Waals surface area contributed by atoms with E-state index < -0.39 is 0 Å². The second-order valence-corrected chi connectivity index (χ2v) is 7.81. The minimum atomic E-state index is 0.00587. The van der Waals surface area contributed by atoms with Gasteiger partial charge in [-0.2, -0.15) is 5.10 Å². The number of aryl methyl sites for hydroxylation is 3. The molecule has 0 unspecified atom stereocenters. The summed E-state index contributed by atoms with van der Waals surface area (Å²) in [5.41, 5.74) is 4.12. The fourth-order valence-corrected chi connectivity index (χ4v) is 4.49. The van der Waals surface area contributed by atoms with Crippen molar-refractivity contribution in [3.63, 3.8) is 0 Å². The molecule has 1 N–H and O–H groups in total. The normalized spacial score (nSPS) is 18.2. The lowest BCUT2D eigenvalue weighted by Crippen LogP contribution is -2.41. The highest BCUT2D eigenvalue weighted by molar-refractivity contribution is 5.94. The third-order valence-corrected chi connectivity index (χ3v) is 5.87. The summed E-state index contributed by atoms with van der Waals surface area (Å²) in [5, 5.41) is 16.2. The molecule has 1 atom stereocenters. The average Bonchev–Trinajstić information content (AvgIpc) is 3.42. The number of aromatic nitrogens is 5. The Morgan fingerprint density at radius 1 is 1.18 bits per heavy atom. The molecule has 7 heteroatoms. The Bertz CT molecular complexity index is 1010. The Kier molecular flexibility index (Phi) is 4.22. The SMILES string of the molecule is C[C@H]1CN(C(=O)c2n[nH]c3c2CCC3)Cc2nnc(CCc3ccccc3)n21. The zero-order valence-corrected chi connectivity index (χ0v) is 16.1. The van der Waals surface area contributed by atoms with E-state index in [9.17, 15) is 4.79 Å². The number of carbonyl (C=O) groups is 1. The molecule has 1 aliphatic carbocycles. The molecule has 0 bridgehead atoms. The number of hydrogen-bond donors (Lipinski definition) is 1. The number of hydrogen-bond acceptors (Lipinski definition) is 4. The van der Waals surface area contributed by atoms with Crippen LogP contribution < -0.4 is 0 Å². The molecule has 3 heterocycles. The van der Waals surface area contributed by atoms with Crippen LogP contribution in [0.1, 0.15) is 58.3 Å². The minimum absolute atomic E-state index is 0.00587. The molecule has 1 aliphatic heterocycles. The maximum atomic E-state index is 13.1. The fraction of sp³-hybridized carbons (Fsp3) is 0.429. The predicted molar refractivity (Wildman–Crippen MR) is 104 cm³/mol. The molecule has 0 radical (unpaired) electrons. The number of nitrogens with zero attached hydrogens (tertiary/aromatic N) is 5. The number of rotatable bonds is 4. The van der Waals surface area contributed by atoms with Crippen LogP contribution in [0.4, 0.5) is 0 Å². The summed E-state index contributed by atoms with van der Waals surface area (Å²) in [6, 6.07) is 10.6. The second kappa shape index (κ2) is 6.89. The summed E-state index contributed by atoms with van der Waals surface area (Å²) in [6.07, 6.45) is 4.82. The molecule has 2 aromatic heterocycles. The van der Waals surface area contributed by atoms with Gasteiger partial charge in [-0.25, -0.2) is 0 Å². The Hall–Kier alpha value is -2.96. The van der Waals surface area contributed by atoms with Crippen molar-refractivity contribution in [2.45, 2.75) is 51.6 Å². The highest BCUT2D eigenvalue weighted by Crippen LogP contribution is 2.27. The molecule has 0 saturated heterocycles. The van der Waals surface area contributed by atoms with Crippen molar-refractivity contribution < 1.29 is 4.79 Å². The summed E-state index contributed by atoms with van der Waals surface area (Å²) >= 11 is 0. The maximum absolute atomic E-state index is 13.1. The van der Waals surface area contributed by atoms with Crippen molar-refractivity contribution in [2.75, 3.05) is 6.54 Å². The number of aromatic amines is 1. The van der Waals surface area contributed by atoms with Crippen molar-refractivity contribution in [1.82, 2.24) is 29.9 Å². The van der Waals surface area contributed by atoms with E-state index in [0.29, 0.717) is 18.8 Å². The summed E-state index contributed by atoms with van der Waals surface area (Å²) in [4.78, 5) is 14.9. The van der Waals surface area contributed by atoms with Crippen molar-refractivity contribution >= 4 is 5.91 Å². The molecular formula is C21H24N6O. The van der Waals surface area contributed by atoms with Crippen LogP contribution in [-0.4, -0.2) is 42.3 Å². The highest BCUT2D eigenvalue weighted by atomic mass is 16.2. The van der Waals surface area contributed by atoms with E-state index >= 15 is 0 Å². The van der Waals surface area contributed by atoms with Gasteiger partial charge in [0, 0.05) is 24.2 Å². The molecule has 1 aromatic carbocycles. The van der Waals surface area contributed by atoms with E-state index in [1.165, 1.54) is 5.56 Å². The first-order valence-corrected chi connectivity index (χ1v) is 10.0. The number of H-pyrrole nitrogens is 1. The van der Waals surface area contributed by atoms with Gasteiger partial charge in [-0.1, -0.05) is 30.3 Å². The molecule has 144 valence electrons. The largest absolute Gasteiger partial charge is 0.328 e. The van der Waals surface area contributed by atoms with Gasteiger partial charge in [-0.05, 0) is 38.2 Å². The van der Waals surface area contributed by atoms with E-state index in [2.05, 4.69) is 56.2 Å². The Labute approximate surface area is 163 Å². The van der Waals surface area contributed by atoms with Crippen LogP contribution in [0.25, 0.3) is 0 Å². The van der Waals surface area contributed by atoms with Crippen LogP contribution in [0.3, 0.4) is 0 Å². The van der Waals surface area contributed by atoms with Crippen LogP contribution in [0.2, 0.25) is 0 Å². The fourth-order valence-electron chi connectivity index (χ4n) is 4.49. The van der Waals surface area contributed by atoms with E-state index in [-0.39, 0.29) is 11.9 Å². The van der Waals surface area contributed by atoms with Gasteiger partial charge in [0.1, 0.15) is 5.82 Å². The van der Waals surface area contributed by atoms with Gasteiger partial charge in [0.2, 0.25) is 0 Å². The van der Waals surface area contributed by atoms with Gasteiger partial charge in [0.05, 0.1) is 12.6 Å². The van der Waals surface area contributed by atoms with Crippen LogP contribution in [-0.2, 0) is 32.2 Å². The van der Waals surface area contributed by atoms with E-state index in [4.69, 9.17) is 0 Å². The molecule has 28 heavy (non-hydrogen) atoms. The third-order valence-electron chi connectivity index (χ3n) is 5.87. The number of carbonyl (C=O) groups excluding carboxylic acids is 1. The monoisotopic (exact) mass is 376 g/mol. The molecule has 3 aromatic rings. The lowest BCUT2D eigenvalue weighted by molar-refractivity contribution is 0.0672. The highest BCUT2D eigenvalue weighted by Gasteiger charge is 2.32. The molecular weight excluding hydrogens is 352 g/mol. The number of nitrogens with one attached hydrogen (secondary N) is 1.